The molecule has 2 heterocycles. The van der Waals surface area contributed by atoms with Gasteiger partial charge in [-0.15, -0.1) is 0 Å². The van der Waals surface area contributed by atoms with E-state index < -0.39 is 0 Å². The highest BCUT2D eigenvalue weighted by molar-refractivity contribution is 6.10. The number of fused-ring (bicyclic) bond motifs is 10. The second kappa shape index (κ2) is 27.8. The van der Waals surface area contributed by atoms with Crippen LogP contribution in [0.15, 0.2) is 413 Å². The highest BCUT2D eigenvalue weighted by atomic mass is 15.2. The molecule has 0 atom stereocenters. The Bertz CT molecular complexity index is 6350. The van der Waals surface area contributed by atoms with E-state index in [9.17, 15) is 0 Å². The lowest BCUT2D eigenvalue weighted by molar-refractivity contribution is 0.632. The lowest BCUT2D eigenvalue weighted by Gasteiger charge is -2.42. The van der Waals surface area contributed by atoms with E-state index in [2.05, 4.69) is 460 Å². The highest BCUT2D eigenvalue weighted by Gasteiger charge is 2.39. The van der Waals surface area contributed by atoms with Crippen molar-refractivity contribution in [1.29, 1.82) is 0 Å². The number of hydrogen-bond donors (Lipinski definition) is 0. The number of nitrogens with zero attached hydrogens (tertiary/aromatic N) is 4. The van der Waals surface area contributed by atoms with Crippen molar-refractivity contribution >= 4 is 111 Å². The van der Waals surface area contributed by atoms with Crippen molar-refractivity contribution in [1.82, 2.24) is 0 Å². The SMILES string of the molecule is CC1(C)c2cc(-c3ccc(N(c4ccccc4)c4ccccc4)cc3)ccc2N(c2ccccc2)c2ccc(-c3ccc4ccc5ccccc5c4c3)cc21.CC1(C)c2ccccc2N(c2ccc(-c3ccc(N(c4ccccc4)c4ccccc4)cc3)cc2)c2ccc(-c3ccc4ccc5ccccc5c4c3)cc21. The van der Waals surface area contributed by atoms with Crippen LogP contribution in [0.1, 0.15) is 49.9 Å². The van der Waals surface area contributed by atoms with Gasteiger partial charge in [-0.2, -0.15) is 0 Å². The zero-order chi connectivity index (χ0) is 73.9. The minimum absolute atomic E-state index is 0.183. The van der Waals surface area contributed by atoms with Crippen LogP contribution in [0, 0.1) is 0 Å². The molecule has 18 aromatic carbocycles. The van der Waals surface area contributed by atoms with Crippen LogP contribution in [0.4, 0.5) is 68.2 Å². The van der Waals surface area contributed by atoms with E-state index >= 15 is 0 Å². The summed E-state index contributed by atoms with van der Waals surface area (Å²) in [6.45, 7) is 9.50. The smallest absolute Gasteiger partial charge is 0.0503 e. The van der Waals surface area contributed by atoms with Crippen LogP contribution in [0.25, 0.3) is 87.6 Å². The number of anilines is 12. The lowest BCUT2D eigenvalue weighted by Crippen LogP contribution is -2.30. The predicted molar refractivity (Wildman–Crippen MR) is 468 cm³/mol. The van der Waals surface area contributed by atoms with Gasteiger partial charge in [-0.3, -0.25) is 0 Å². The maximum Gasteiger partial charge on any atom is 0.0503 e. The second-order valence-corrected chi connectivity index (χ2v) is 30.1. The molecule has 0 fully saturated rings. The van der Waals surface area contributed by atoms with Crippen LogP contribution in [0.3, 0.4) is 0 Å². The average Bonchev–Trinajstić information content (AvgIpc) is 0.721. The zero-order valence-electron chi connectivity index (χ0n) is 62.0. The molecule has 2 aliphatic heterocycles. The Hall–Kier alpha value is -13.8. The number of benzene rings is 18. The van der Waals surface area contributed by atoms with Crippen LogP contribution in [-0.2, 0) is 10.8 Å². The van der Waals surface area contributed by atoms with Gasteiger partial charge >= 0.3 is 0 Å². The van der Waals surface area contributed by atoms with Gasteiger partial charge in [0.05, 0.1) is 22.7 Å². The summed E-state index contributed by atoms with van der Waals surface area (Å²) in [5.74, 6) is 0. The molecular formula is C106H80N4. The van der Waals surface area contributed by atoms with Crippen molar-refractivity contribution in [2.45, 2.75) is 38.5 Å². The molecule has 0 bridgehead atoms. The summed E-state index contributed by atoms with van der Waals surface area (Å²) in [7, 11) is 0. The van der Waals surface area contributed by atoms with Gasteiger partial charge in [-0.1, -0.05) is 289 Å². The van der Waals surface area contributed by atoms with Crippen LogP contribution >= 0.6 is 0 Å². The molecule has 0 N–H and O–H groups in total. The molecule has 4 heteroatoms. The Kier molecular flexibility index (Phi) is 16.9. The average molecular weight is 1410 g/mol. The minimum Gasteiger partial charge on any atom is -0.311 e. The fourth-order valence-electron chi connectivity index (χ4n) is 17.1. The fourth-order valence-corrected chi connectivity index (χ4v) is 17.1. The predicted octanol–water partition coefficient (Wildman–Crippen LogP) is 29.8. The molecule has 524 valence electrons. The molecular weight excluding hydrogens is 1330 g/mol. The molecule has 0 radical (unpaired) electrons. The third-order valence-electron chi connectivity index (χ3n) is 22.8. The van der Waals surface area contributed by atoms with Crippen molar-refractivity contribution in [3.05, 3.63) is 435 Å². The van der Waals surface area contributed by atoms with Gasteiger partial charge in [0.1, 0.15) is 0 Å². The Morgan fingerprint density at radius 2 is 0.436 bits per heavy atom. The van der Waals surface area contributed by atoms with Gasteiger partial charge in [0.2, 0.25) is 0 Å². The molecule has 110 heavy (non-hydrogen) atoms. The van der Waals surface area contributed by atoms with Crippen LogP contribution in [0.5, 0.6) is 0 Å². The van der Waals surface area contributed by atoms with Crippen molar-refractivity contribution in [3.8, 4) is 44.5 Å². The van der Waals surface area contributed by atoms with E-state index in [-0.39, 0.29) is 10.8 Å². The van der Waals surface area contributed by atoms with Crippen molar-refractivity contribution in [3.63, 3.8) is 0 Å². The van der Waals surface area contributed by atoms with Crippen LogP contribution in [0.2, 0.25) is 0 Å². The van der Waals surface area contributed by atoms with Gasteiger partial charge in [0.25, 0.3) is 0 Å². The normalized spacial score (nSPS) is 13.0. The Morgan fingerprint density at radius 3 is 0.845 bits per heavy atom. The Balaban J connectivity index is 0.000000149. The lowest BCUT2D eigenvalue weighted by atomic mass is 9.72. The standard InChI is InChI=1S/2C53H40N2/c1-53(2)49-35-41(37-26-30-46(31-27-37)54(43-15-6-3-7-16-43)44-17-8-4-9-18-44)28-32-51(49)55(45-19-10-5-11-20-45)52-33-29-42(36-50(52)53)40-25-24-39-23-22-38-14-12-13-21-47(38)48(39)34-40;1-53(2)49-19-11-12-20-51(49)55(52-34-29-42(36-50(52)53)41-24-23-40-22-21-39-13-9-10-18-47(39)48(40)35-41)46-32-27-38(28-33-46)37-25-30-45(31-26-37)54(43-14-5-3-6-15-43)44-16-7-4-8-17-44/h2*3-36H,1-2H3. The van der Waals surface area contributed by atoms with Crippen LogP contribution in [-0.4, -0.2) is 0 Å². The Labute approximate surface area is 644 Å². The summed E-state index contributed by atoms with van der Waals surface area (Å²) < 4.78 is 0. The van der Waals surface area contributed by atoms with E-state index in [1.54, 1.807) is 0 Å². The monoisotopic (exact) mass is 1410 g/mol. The molecule has 18 aromatic rings. The molecule has 0 saturated carbocycles. The molecule has 4 nitrogen and oxygen atoms in total. The number of para-hydroxylation sites is 6. The summed E-state index contributed by atoms with van der Waals surface area (Å²) in [6.07, 6.45) is 0. The minimum atomic E-state index is -0.261. The largest absolute Gasteiger partial charge is 0.311 e. The molecule has 0 unspecified atom stereocenters. The van der Waals surface area contributed by atoms with E-state index in [1.165, 1.54) is 133 Å². The van der Waals surface area contributed by atoms with Crippen molar-refractivity contribution in [2.24, 2.45) is 0 Å². The second-order valence-electron chi connectivity index (χ2n) is 30.1. The summed E-state index contributed by atoms with van der Waals surface area (Å²) >= 11 is 0. The summed E-state index contributed by atoms with van der Waals surface area (Å²) in [5, 5.41) is 10.2. The number of hydrogen-bond acceptors (Lipinski definition) is 4. The third-order valence-corrected chi connectivity index (χ3v) is 22.8. The van der Waals surface area contributed by atoms with E-state index in [0.717, 1.165) is 45.5 Å². The maximum absolute atomic E-state index is 2.44. The number of rotatable bonds is 12. The maximum atomic E-state index is 2.44. The topological polar surface area (TPSA) is 13.0 Å². The quantitative estimate of drug-likeness (QED) is 0.113. The van der Waals surface area contributed by atoms with E-state index in [4.69, 9.17) is 0 Å². The van der Waals surface area contributed by atoms with Crippen molar-refractivity contribution in [2.75, 3.05) is 19.6 Å². The first kappa shape index (κ1) is 66.9. The van der Waals surface area contributed by atoms with Crippen LogP contribution < -0.4 is 19.6 Å². The first-order valence-electron chi connectivity index (χ1n) is 38.2. The van der Waals surface area contributed by atoms with Crippen molar-refractivity contribution < 1.29 is 0 Å². The first-order chi connectivity index (χ1) is 54.1. The highest BCUT2D eigenvalue weighted by Crippen LogP contribution is 2.56. The first-order valence-corrected chi connectivity index (χ1v) is 38.2. The van der Waals surface area contributed by atoms with E-state index in [1.807, 2.05) is 0 Å². The zero-order valence-corrected chi connectivity index (χ0v) is 62.0. The molecule has 2 aliphatic rings. The fraction of sp³-hybridized carbons (Fsp3) is 0.0566. The van der Waals surface area contributed by atoms with Gasteiger partial charge < -0.3 is 19.6 Å². The van der Waals surface area contributed by atoms with Gasteiger partial charge in [-0.25, -0.2) is 0 Å². The molecule has 0 aliphatic carbocycles. The van der Waals surface area contributed by atoms with Gasteiger partial charge in [-0.05, 0) is 262 Å². The molecule has 20 rings (SSSR count). The third kappa shape index (κ3) is 12.1. The summed E-state index contributed by atoms with van der Waals surface area (Å²) in [6, 6.07) is 150. The summed E-state index contributed by atoms with van der Waals surface area (Å²) in [4.78, 5) is 9.49. The van der Waals surface area contributed by atoms with Gasteiger partial charge in [0.15, 0.2) is 0 Å². The summed E-state index contributed by atoms with van der Waals surface area (Å²) in [5.41, 5.74) is 28.5. The Morgan fingerprint density at radius 1 is 0.182 bits per heavy atom. The molecule has 0 spiro atoms. The van der Waals surface area contributed by atoms with Gasteiger partial charge in [0, 0.05) is 56.3 Å². The van der Waals surface area contributed by atoms with E-state index in [0.29, 0.717) is 0 Å². The molecule has 0 saturated heterocycles. The molecule has 0 amide bonds. The molecule has 0 aromatic heterocycles.